The number of aliphatic hydroxyl groups excluding tert-OH is 1. The summed E-state index contributed by atoms with van der Waals surface area (Å²) in [4.78, 5) is 11.5. The van der Waals surface area contributed by atoms with E-state index in [4.69, 9.17) is 9.47 Å². The van der Waals surface area contributed by atoms with Crippen molar-refractivity contribution in [2.45, 2.75) is 26.0 Å². The minimum atomic E-state index is -0.507. The molecule has 1 aromatic rings. The van der Waals surface area contributed by atoms with Gasteiger partial charge in [-0.05, 0) is 31.5 Å². The third-order valence-electron chi connectivity index (χ3n) is 2.56. The van der Waals surface area contributed by atoms with E-state index in [9.17, 15) is 9.90 Å². The van der Waals surface area contributed by atoms with Gasteiger partial charge in [-0.1, -0.05) is 12.1 Å². The van der Waals surface area contributed by atoms with Gasteiger partial charge in [-0.15, -0.1) is 0 Å². The van der Waals surface area contributed by atoms with Gasteiger partial charge in [-0.2, -0.15) is 0 Å². The summed E-state index contributed by atoms with van der Waals surface area (Å²) in [6, 6.07) is 6.96. The lowest BCUT2D eigenvalue weighted by molar-refractivity contribution is -0.124. The largest absolute Gasteiger partial charge is 0.484 e. The van der Waals surface area contributed by atoms with Crippen molar-refractivity contribution in [1.29, 1.82) is 0 Å². The summed E-state index contributed by atoms with van der Waals surface area (Å²) in [5, 5.41) is 12.1. The minimum absolute atomic E-state index is 0.0396. The topological polar surface area (TPSA) is 67.8 Å². The van der Waals surface area contributed by atoms with Crippen LogP contribution >= 0.6 is 0 Å². The molecule has 1 unspecified atom stereocenters. The van der Waals surface area contributed by atoms with Crippen molar-refractivity contribution in [3.8, 4) is 5.75 Å². The number of hydrogen-bond donors (Lipinski definition) is 2. The van der Waals surface area contributed by atoms with Gasteiger partial charge in [0.2, 0.25) is 0 Å². The lowest BCUT2D eigenvalue weighted by Crippen LogP contribution is -2.38. The Kier molecular flexibility index (Phi) is 6.32. The number of methoxy groups -OCH3 is 1. The predicted molar refractivity (Wildman–Crippen MR) is 72.1 cm³/mol. The second-order valence-corrected chi connectivity index (χ2v) is 4.46. The zero-order valence-electron chi connectivity index (χ0n) is 11.6. The van der Waals surface area contributed by atoms with E-state index in [1.807, 2.05) is 6.92 Å². The molecule has 0 bridgehead atoms. The molecular formula is C14H21NO4. The number of aliphatic hydroxyl groups is 1. The molecule has 5 nitrogen and oxygen atoms in total. The molecule has 5 heteroatoms. The SMILES string of the molecule is COCC(C)NC(=O)COc1ccc([C@H](C)O)cc1. The Hall–Kier alpha value is -1.59. The zero-order chi connectivity index (χ0) is 14.3. The maximum Gasteiger partial charge on any atom is 0.258 e. The molecule has 0 aromatic heterocycles. The molecule has 0 fully saturated rings. The van der Waals surface area contributed by atoms with Crippen LogP contribution in [0.4, 0.5) is 0 Å². The van der Waals surface area contributed by atoms with E-state index >= 15 is 0 Å². The number of rotatable bonds is 7. The monoisotopic (exact) mass is 267 g/mol. The van der Waals surface area contributed by atoms with Crippen LogP contribution in [0.5, 0.6) is 5.75 Å². The molecule has 0 spiro atoms. The molecule has 0 saturated heterocycles. The van der Waals surface area contributed by atoms with Gasteiger partial charge in [0.25, 0.3) is 5.91 Å². The Morgan fingerprint density at radius 1 is 1.32 bits per heavy atom. The van der Waals surface area contributed by atoms with Crippen molar-refractivity contribution in [1.82, 2.24) is 5.32 Å². The molecule has 0 radical (unpaired) electrons. The molecule has 0 saturated carbocycles. The van der Waals surface area contributed by atoms with Crippen LogP contribution in [0.2, 0.25) is 0 Å². The van der Waals surface area contributed by atoms with Crippen LogP contribution < -0.4 is 10.1 Å². The normalized spacial score (nSPS) is 13.7. The fourth-order valence-electron chi connectivity index (χ4n) is 1.60. The summed E-state index contributed by atoms with van der Waals surface area (Å²) in [6.07, 6.45) is -0.507. The Bertz CT molecular complexity index is 389. The van der Waals surface area contributed by atoms with Crippen LogP contribution in [0, 0.1) is 0 Å². The molecule has 0 heterocycles. The molecule has 0 aliphatic carbocycles. The second-order valence-electron chi connectivity index (χ2n) is 4.46. The fraction of sp³-hybridized carbons (Fsp3) is 0.500. The molecule has 1 aromatic carbocycles. The third kappa shape index (κ3) is 5.72. The van der Waals surface area contributed by atoms with Crippen LogP contribution in [0.25, 0.3) is 0 Å². The lowest BCUT2D eigenvalue weighted by Gasteiger charge is -2.13. The van der Waals surface area contributed by atoms with E-state index in [0.29, 0.717) is 12.4 Å². The number of carbonyl (C=O) groups is 1. The lowest BCUT2D eigenvalue weighted by atomic mass is 10.1. The number of ether oxygens (including phenoxy) is 2. The quantitative estimate of drug-likeness (QED) is 0.780. The molecule has 0 aliphatic rings. The summed E-state index contributed by atoms with van der Waals surface area (Å²) in [7, 11) is 1.59. The standard InChI is InChI=1S/C14H21NO4/c1-10(8-18-3)15-14(17)9-19-13-6-4-12(5-7-13)11(2)16/h4-7,10-11,16H,8-9H2,1-3H3,(H,15,17)/t10?,11-/m0/s1. The van der Waals surface area contributed by atoms with Gasteiger partial charge in [0.1, 0.15) is 5.75 Å². The van der Waals surface area contributed by atoms with E-state index in [1.165, 1.54) is 0 Å². The van der Waals surface area contributed by atoms with Crippen molar-refractivity contribution < 1.29 is 19.4 Å². The van der Waals surface area contributed by atoms with Gasteiger partial charge in [0.05, 0.1) is 12.7 Å². The third-order valence-corrected chi connectivity index (χ3v) is 2.56. The molecule has 2 atom stereocenters. The van der Waals surface area contributed by atoms with Gasteiger partial charge in [-0.25, -0.2) is 0 Å². The number of hydrogen-bond acceptors (Lipinski definition) is 4. The highest BCUT2D eigenvalue weighted by Crippen LogP contribution is 2.16. The van der Waals surface area contributed by atoms with E-state index in [0.717, 1.165) is 5.56 Å². The summed E-state index contributed by atoms with van der Waals surface area (Å²) in [6.45, 7) is 3.98. The number of carbonyl (C=O) groups excluding carboxylic acids is 1. The van der Waals surface area contributed by atoms with Gasteiger partial charge in [0.15, 0.2) is 6.61 Å². The highest BCUT2D eigenvalue weighted by molar-refractivity contribution is 5.77. The summed E-state index contributed by atoms with van der Waals surface area (Å²) in [5.41, 5.74) is 0.811. The first-order valence-electron chi connectivity index (χ1n) is 6.22. The Balaban J connectivity index is 2.37. The maximum atomic E-state index is 11.5. The van der Waals surface area contributed by atoms with Gasteiger partial charge < -0.3 is 19.9 Å². The van der Waals surface area contributed by atoms with Crippen molar-refractivity contribution in [2.75, 3.05) is 20.3 Å². The van der Waals surface area contributed by atoms with Crippen molar-refractivity contribution in [3.63, 3.8) is 0 Å². The highest BCUT2D eigenvalue weighted by Gasteiger charge is 2.08. The Morgan fingerprint density at radius 2 is 1.95 bits per heavy atom. The van der Waals surface area contributed by atoms with Crippen LogP contribution in [0.15, 0.2) is 24.3 Å². The minimum Gasteiger partial charge on any atom is -0.484 e. The van der Waals surface area contributed by atoms with E-state index in [2.05, 4.69) is 5.32 Å². The molecule has 1 rings (SSSR count). The molecule has 1 amide bonds. The fourth-order valence-corrected chi connectivity index (χ4v) is 1.60. The maximum absolute atomic E-state index is 11.5. The van der Waals surface area contributed by atoms with Crippen LogP contribution in [0.3, 0.4) is 0 Å². The summed E-state index contributed by atoms with van der Waals surface area (Å²) in [5.74, 6) is 0.406. The first-order chi connectivity index (χ1) is 9.02. The van der Waals surface area contributed by atoms with Crippen LogP contribution in [0.1, 0.15) is 25.5 Å². The predicted octanol–water partition coefficient (Wildman–Crippen LogP) is 1.27. The van der Waals surface area contributed by atoms with Crippen LogP contribution in [-0.4, -0.2) is 37.4 Å². The van der Waals surface area contributed by atoms with Gasteiger partial charge in [-0.3, -0.25) is 4.79 Å². The average molecular weight is 267 g/mol. The van der Waals surface area contributed by atoms with E-state index in [1.54, 1.807) is 38.3 Å². The van der Waals surface area contributed by atoms with E-state index < -0.39 is 6.10 Å². The molecule has 106 valence electrons. The first-order valence-corrected chi connectivity index (χ1v) is 6.22. The van der Waals surface area contributed by atoms with Crippen molar-refractivity contribution in [3.05, 3.63) is 29.8 Å². The van der Waals surface area contributed by atoms with Crippen molar-refractivity contribution in [2.24, 2.45) is 0 Å². The number of nitrogens with one attached hydrogen (secondary N) is 1. The smallest absolute Gasteiger partial charge is 0.258 e. The average Bonchev–Trinajstić information content (AvgIpc) is 2.37. The molecular weight excluding hydrogens is 246 g/mol. The van der Waals surface area contributed by atoms with Gasteiger partial charge in [0, 0.05) is 13.2 Å². The molecule has 0 aliphatic heterocycles. The van der Waals surface area contributed by atoms with Crippen molar-refractivity contribution >= 4 is 5.91 Å². The number of benzene rings is 1. The molecule has 19 heavy (non-hydrogen) atoms. The highest BCUT2D eigenvalue weighted by atomic mass is 16.5. The summed E-state index contributed by atoms with van der Waals surface area (Å²) < 4.78 is 10.3. The second kappa shape index (κ2) is 7.76. The molecule has 2 N–H and O–H groups in total. The Morgan fingerprint density at radius 3 is 2.47 bits per heavy atom. The zero-order valence-corrected chi connectivity index (χ0v) is 11.6. The first kappa shape index (κ1) is 15.5. The van der Waals surface area contributed by atoms with E-state index in [-0.39, 0.29) is 18.6 Å². The summed E-state index contributed by atoms with van der Waals surface area (Å²) >= 11 is 0. The van der Waals surface area contributed by atoms with Gasteiger partial charge >= 0.3 is 0 Å². The Labute approximate surface area is 113 Å². The number of amides is 1. The van der Waals surface area contributed by atoms with Crippen LogP contribution in [-0.2, 0) is 9.53 Å².